The fraction of sp³-hybridized carbons (Fsp3) is 0.231. The lowest BCUT2D eigenvalue weighted by Crippen LogP contribution is -2.18. The van der Waals surface area contributed by atoms with E-state index >= 15 is 0 Å². The third kappa shape index (κ3) is 3.80. The van der Waals surface area contributed by atoms with Crippen molar-refractivity contribution in [2.24, 2.45) is 5.73 Å². The van der Waals surface area contributed by atoms with Gasteiger partial charge in [-0.25, -0.2) is 9.18 Å². The van der Waals surface area contributed by atoms with Crippen LogP contribution in [0.1, 0.15) is 19.4 Å². The number of hydrogen-bond donors (Lipinski definition) is 1. The lowest BCUT2D eigenvalue weighted by Gasteiger charge is -2.11. The van der Waals surface area contributed by atoms with Gasteiger partial charge in [-0.2, -0.15) is 0 Å². The SMILES string of the molecule is CCOC(=O)/C(OC(C)=O)=C(/N)c1ccccc1F. The molecule has 1 rings (SSSR count). The number of nitrogens with two attached hydrogens (primary N) is 1. The predicted octanol–water partition coefficient (Wildman–Crippen LogP) is 1.58. The van der Waals surface area contributed by atoms with E-state index in [9.17, 15) is 14.0 Å². The fourth-order valence-corrected chi connectivity index (χ4v) is 1.35. The van der Waals surface area contributed by atoms with E-state index in [0.29, 0.717) is 0 Å². The van der Waals surface area contributed by atoms with Crippen molar-refractivity contribution < 1.29 is 23.5 Å². The van der Waals surface area contributed by atoms with Gasteiger partial charge in [0.25, 0.3) is 0 Å². The molecule has 0 atom stereocenters. The van der Waals surface area contributed by atoms with E-state index in [0.717, 1.165) is 6.92 Å². The summed E-state index contributed by atoms with van der Waals surface area (Å²) in [6.45, 7) is 2.77. The third-order valence-electron chi connectivity index (χ3n) is 2.12. The molecule has 0 saturated carbocycles. The summed E-state index contributed by atoms with van der Waals surface area (Å²) < 4.78 is 23.0. The molecule has 2 N–H and O–H groups in total. The number of rotatable bonds is 4. The van der Waals surface area contributed by atoms with Crippen molar-refractivity contribution in [3.05, 3.63) is 41.4 Å². The smallest absolute Gasteiger partial charge is 0.376 e. The molecule has 0 fully saturated rings. The number of benzene rings is 1. The number of halogens is 1. The molecule has 0 bridgehead atoms. The number of esters is 2. The van der Waals surface area contributed by atoms with E-state index in [1.807, 2.05) is 0 Å². The van der Waals surface area contributed by atoms with Crippen LogP contribution >= 0.6 is 0 Å². The Morgan fingerprint density at radius 1 is 1.32 bits per heavy atom. The standard InChI is InChI=1S/C13H14FNO4/c1-3-18-13(17)12(19-8(2)16)11(15)9-6-4-5-7-10(9)14/h4-7H,3,15H2,1-2H3/b12-11-. The lowest BCUT2D eigenvalue weighted by molar-refractivity contribution is -0.149. The van der Waals surface area contributed by atoms with E-state index in [1.165, 1.54) is 18.2 Å². The summed E-state index contributed by atoms with van der Waals surface area (Å²) >= 11 is 0. The molecule has 6 heteroatoms. The number of hydrogen-bond acceptors (Lipinski definition) is 5. The first kappa shape index (κ1) is 14.7. The van der Waals surface area contributed by atoms with E-state index < -0.39 is 23.5 Å². The van der Waals surface area contributed by atoms with Gasteiger partial charge in [-0.3, -0.25) is 4.79 Å². The van der Waals surface area contributed by atoms with Crippen LogP contribution in [0.2, 0.25) is 0 Å². The minimum atomic E-state index is -0.918. The maximum atomic E-state index is 13.6. The summed E-state index contributed by atoms with van der Waals surface area (Å²) in [6.07, 6.45) is 0. The van der Waals surface area contributed by atoms with E-state index in [-0.39, 0.29) is 17.9 Å². The van der Waals surface area contributed by atoms with E-state index in [1.54, 1.807) is 13.0 Å². The summed E-state index contributed by atoms with van der Waals surface area (Å²) in [5.74, 6) is -2.81. The Kier molecular flexibility index (Phi) is 5.05. The largest absolute Gasteiger partial charge is 0.460 e. The zero-order chi connectivity index (χ0) is 14.4. The molecule has 0 aliphatic carbocycles. The number of carbonyl (C=O) groups excluding carboxylic acids is 2. The maximum absolute atomic E-state index is 13.6. The molecule has 102 valence electrons. The van der Waals surface area contributed by atoms with Gasteiger partial charge in [0, 0.05) is 12.5 Å². The Bertz CT molecular complexity index is 525. The van der Waals surface area contributed by atoms with Crippen molar-refractivity contribution in [2.75, 3.05) is 6.61 Å². The van der Waals surface area contributed by atoms with Gasteiger partial charge in [-0.05, 0) is 19.1 Å². The van der Waals surface area contributed by atoms with Crippen molar-refractivity contribution in [2.45, 2.75) is 13.8 Å². The summed E-state index contributed by atoms with van der Waals surface area (Å²) in [6, 6.07) is 5.57. The molecule has 0 heterocycles. The van der Waals surface area contributed by atoms with E-state index in [4.69, 9.17) is 15.2 Å². The van der Waals surface area contributed by atoms with Gasteiger partial charge in [0.2, 0.25) is 5.76 Å². The van der Waals surface area contributed by atoms with Crippen LogP contribution in [-0.2, 0) is 19.1 Å². The van der Waals surface area contributed by atoms with E-state index in [2.05, 4.69) is 0 Å². The lowest BCUT2D eigenvalue weighted by atomic mass is 10.1. The quantitative estimate of drug-likeness (QED) is 0.509. The second-order valence-corrected chi connectivity index (χ2v) is 3.54. The summed E-state index contributed by atoms with van der Waals surface area (Å²) in [4.78, 5) is 22.6. The third-order valence-corrected chi connectivity index (χ3v) is 2.12. The van der Waals surface area contributed by atoms with Gasteiger partial charge in [0.05, 0.1) is 12.3 Å². The predicted molar refractivity (Wildman–Crippen MR) is 65.9 cm³/mol. The first-order valence-corrected chi connectivity index (χ1v) is 5.57. The zero-order valence-corrected chi connectivity index (χ0v) is 10.6. The van der Waals surface area contributed by atoms with Crippen molar-refractivity contribution >= 4 is 17.6 Å². The molecule has 5 nitrogen and oxygen atoms in total. The Morgan fingerprint density at radius 3 is 2.47 bits per heavy atom. The normalized spacial score (nSPS) is 11.5. The first-order valence-electron chi connectivity index (χ1n) is 5.57. The molecule has 0 aliphatic heterocycles. The molecular formula is C13H14FNO4. The maximum Gasteiger partial charge on any atom is 0.376 e. The monoisotopic (exact) mass is 267 g/mol. The van der Waals surface area contributed by atoms with Crippen LogP contribution in [0.5, 0.6) is 0 Å². The second kappa shape index (κ2) is 6.53. The first-order chi connectivity index (χ1) is 8.97. The van der Waals surface area contributed by atoms with Crippen LogP contribution in [0.25, 0.3) is 5.70 Å². The molecule has 0 unspecified atom stereocenters. The van der Waals surface area contributed by atoms with Crippen molar-refractivity contribution in [1.82, 2.24) is 0 Å². The van der Waals surface area contributed by atoms with Crippen LogP contribution in [0.4, 0.5) is 4.39 Å². The Labute approximate surface area is 109 Å². The average molecular weight is 267 g/mol. The highest BCUT2D eigenvalue weighted by atomic mass is 19.1. The molecule has 0 spiro atoms. The van der Waals surface area contributed by atoms with Crippen LogP contribution in [0.3, 0.4) is 0 Å². The Balaban J connectivity index is 3.27. The van der Waals surface area contributed by atoms with Crippen molar-refractivity contribution in [3.8, 4) is 0 Å². The van der Waals surface area contributed by atoms with Gasteiger partial charge in [-0.1, -0.05) is 12.1 Å². The molecule has 0 aliphatic rings. The number of carbonyl (C=O) groups is 2. The van der Waals surface area contributed by atoms with Gasteiger partial charge in [0.1, 0.15) is 5.82 Å². The van der Waals surface area contributed by atoms with Crippen LogP contribution < -0.4 is 5.73 Å². The molecule has 1 aromatic carbocycles. The molecule has 0 aromatic heterocycles. The highest BCUT2D eigenvalue weighted by molar-refractivity contribution is 5.97. The molecule has 19 heavy (non-hydrogen) atoms. The highest BCUT2D eigenvalue weighted by Gasteiger charge is 2.21. The second-order valence-electron chi connectivity index (χ2n) is 3.54. The van der Waals surface area contributed by atoms with Gasteiger partial charge >= 0.3 is 11.9 Å². The summed E-state index contributed by atoms with van der Waals surface area (Å²) in [5, 5.41) is 0. The molecule has 0 radical (unpaired) electrons. The van der Waals surface area contributed by atoms with Gasteiger partial charge in [-0.15, -0.1) is 0 Å². The van der Waals surface area contributed by atoms with Crippen LogP contribution in [-0.4, -0.2) is 18.5 Å². The zero-order valence-electron chi connectivity index (χ0n) is 10.6. The summed E-state index contributed by atoms with van der Waals surface area (Å²) in [5.41, 5.74) is 5.36. The minimum Gasteiger partial charge on any atom is -0.460 e. The fourth-order valence-electron chi connectivity index (χ4n) is 1.35. The average Bonchev–Trinajstić information content (AvgIpc) is 2.36. The van der Waals surface area contributed by atoms with Crippen LogP contribution in [0, 0.1) is 5.82 Å². The topological polar surface area (TPSA) is 78.6 Å². The van der Waals surface area contributed by atoms with Crippen molar-refractivity contribution in [1.29, 1.82) is 0 Å². The Hall–Kier alpha value is -2.37. The highest BCUT2D eigenvalue weighted by Crippen LogP contribution is 2.19. The van der Waals surface area contributed by atoms with Crippen LogP contribution in [0.15, 0.2) is 30.0 Å². The molecule has 1 aromatic rings. The molecular weight excluding hydrogens is 253 g/mol. The van der Waals surface area contributed by atoms with Gasteiger partial charge < -0.3 is 15.2 Å². The minimum absolute atomic E-state index is 0.0354. The Morgan fingerprint density at radius 2 is 1.95 bits per heavy atom. The van der Waals surface area contributed by atoms with Crippen molar-refractivity contribution in [3.63, 3.8) is 0 Å². The number of ether oxygens (including phenoxy) is 2. The molecule has 0 amide bonds. The molecule has 0 saturated heterocycles. The van der Waals surface area contributed by atoms with Gasteiger partial charge in [0.15, 0.2) is 0 Å². The summed E-state index contributed by atoms with van der Waals surface area (Å²) in [7, 11) is 0.